The van der Waals surface area contributed by atoms with Gasteiger partial charge in [0, 0.05) is 18.6 Å². The van der Waals surface area contributed by atoms with Crippen LogP contribution in [0.3, 0.4) is 0 Å². The van der Waals surface area contributed by atoms with Crippen molar-refractivity contribution in [2.45, 2.75) is 64.1 Å². The van der Waals surface area contributed by atoms with Crippen LogP contribution in [0.1, 0.15) is 46.0 Å². The molecule has 1 aliphatic heterocycles. The molecule has 0 bridgehead atoms. The van der Waals surface area contributed by atoms with Gasteiger partial charge < -0.3 is 10.0 Å². The lowest BCUT2D eigenvalue weighted by Crippen LogP contribution is -2.51. The Bertz CT molecular complexity index is 307. The van der Waals surface area contributed by atoms with Crippen LogP contribution in [0.2, 0.25) is 0 Å². The summed E-state index contributed by atoms with van der Waals surface area (Å²) in [4.78, 5) is 16.4. The number of amides is 1. The highest BCUT2D eigenvalue weighted by atomic mass is 16.3. The monoisotopic (exact) mass is 268 g/mol. The maximum absolute atomic E-state index is 12.4. The molecule has 1 heterocycles. The lowest BCUT2D eigenvalue weighted by molar-refractivity contribution is -0.138. The van der Waals surface area contributed by atoms with Gasteiger partial charge in [-0.3, -0.25) is 9.69 Å². The number of rotatable bonds is 5. The van der Waals surface area contributed by atoms with Crippen LogP contribution in [0.15, 0.2) is 0 Å². The van der Waals surface area contributed by atoms with Gasteiger partial charge in [0.2, 0.25) is 5.91 Å². The van der Waals surface area contributed by atoms with Crippen LogP contribution in [0, 0.1) is 5.92 Å². The standard InChI is InChI=1S/C15H28N2O2/c1-11-5-4-6-12(2)17(11)15(19)10-16(3)9-14(18)13-7-8-13/h11-14,18H,4-10H2,1-3H3. The van der Waals surface area contributed by atoms with E-state index in [1.165, 1.54) is 6.42 Å². The molecular weight excluding hydrogens is 240 g/mol. The number of likely N-dealkylation sites (tertiary alicyclic amines) is 1. The summed E-state index contributed by atoms with van der Waals surface area (Å²) in [5.41, 5.74) is 0. The highest BCUT2D eigenvalue weighted by molar-refractivity contribution is 5.79. The van der Waals surface area contributed by atoms with E-state index in [4.69, 9.17) is 0 Å². The molecule has 0 radical (unpaired) electrons. The van der Waals surface area contributed by atoms with E-state index in [0.29, 0.717) is 31.1 Å². The smallest absolute Gasteiger partial charge is 0.237 e. The molecule has 1 amide bonds. The zero-order chi connectivity index (χ0) is 14.0. The topological polar surface area (TPSA) is 43.8 Å². The molecule has 1 N–H and O–H groups in total. The largest absolute Gasteiger partial charge is 0.392 e. The Morgan fingerprint density at radius 1 is 1.26 bits per heavy atom. The number of carbonyl (C=O) groups is 1. The predicted octanol–water partition coefficient (Wildman–Crippen LogP) is 1.48. The molecule has 0 aromatic carbocycles. The second kappa shape index (κ2) is 6.23. The second-order valence-electron chi connectivity index (χ2n) is 6.53. The van der Waals surface area contributed by atoms with Crippen molar-refractivity contribution in [3.63, 3.8) is 0 Å². The first-order valence-electron chi connectivity index (χ1n) is 7.66. The van der Waals surface area contributed by atoms with Crippen LogP contribution in [0.5, 0.6) is 0 Å². The zero-order valence-corrected chi connectivity index (χ0v) is 12.5. The van der Waals surface area contributed by atoms with Gasteiger partial charge in [0.25, 0.3) is 0 Å². The Labute approximate surface area is 116 Å². The lowest BCUT2D eigenvalue weighted by atomic mass is 9.97. The maximum atomic E-state index is 12.4. The summed E-state index contributed by atoms with van der Waals surface area (Å²) in [6, 6.07) is 0.719. The number of hydrogen-bond donors (Lipinski definition) is 1. The van der Waals surface area contributed by atoms with E-state index in [1.54, 1.807) is 0 Å². The van der Waals surface area contributed by atoms with E-state index in [-0.39, 0.29) is 12.0 Å². The minimum absolute atomic E-state index is 0.213. The molecule has 4 nitrogen and oxygen atoms in total. The summed E-state index contributed by atoms with van der Waals surface area (Å²) in [6.07, 6.45) is 5.48. The predicted molar refractivity (Wildman–Crippen MR) is 75.8 cm³/mol. The lowest BCUT2D eigenvalue weighted by Gasteiger charge is -2.40. The Hall–Kier alpha value is -0.610. The molecule has 1 aliphatic carbocycles. The van der Waals surface area contributed by atoms with Crippen LogP contribution in [-0.4, -0.2) is 59.1 Å². The van der Waals surface area contributed by atoms with Crippen molar-refractivity contribution in [2.24, 2.45) is 5.92 Å². The van der Waals surface area contributed by atoms with Crippen LogP contribution in [0.25, 0.3) is 0 Å². The first-order valence-corrected chi connectivity index (χ1v) is 7.66. The van der Waals surface area contributed by atoms with Gasteiger partial charge in [-0.15, -0.1) is 0 Å². The third-order valence-corrected chi connectivity index (χ3v) is 4.55. The highest BCUT2D eigenvalue weighted by Crippen LogP contribution is 2.32. The van der Waals surface area contributed by atoms with Crippen molar-refractivity contribution in [3.8, 4) is 0 Å². The molecule has 3 atom stereocenters. The molecule has 3 unspecified atom stereocenters. The zero-order valence-electron chi connectivity index (χ0n) is 12.5. The van der Waals surface area contributed by atoms with Crippen LogP contribution in [-0.2, 0) is 4.79 Å². The SMILES string of the molecule is CC1CCCC(C)N1C(=O)CN(C)CC(O)C1CC1. The number of carbonyl (C=O) groups excluding carboxylic acids is 1. The molecule has 0 aromatic heterocycles. The summed E-state index contributed by atoms with van der Waals surface area (Å²) in [5, 5.41) is 9.92. The Balaban J connectivity index is 1.81. The van der Waals surface area contributed by atoms with Crippen LogP contribution < -0.4 is 0 Å². The third-order valence-electron chi connectivity index (χ3n) is 4.55. The number of piperidine rings is 1. The van der Waals surface area contributed by atoms with Crippen LogP contribution >= 0.6 is 0 Å². The Morgan fingerprint density at radius 3 is 2.37 bits per heavy atom. The molecule has 0 spiro atoms. The normalized spacial score (nSPS) is 29.6. The summed E-state index contributed by atoms with van der Waals surface area (Å²) in [6.45, 7) is 5.34. The molecule has 2 rings (SSSR count). The molecule has 2 aliphatic rings. The number of nitrogens with zero attached hydrogens (tertiary/aromatic N) is 2. The molecule has 4 heteroatoms. The van der Waals surface area contributed by atoms with Crippen molar-refractivity contribution in [1.82, 2.24) is 9.80 Å². The molecule has 1 saturated carbocycles. The average molecular weight is 268 g/mol. The number of aliphatic hydroxyl groups excluding tert-OH is 1. The van der Waals surface area contributed by atoms with E-state index in [1.807, 2.05) is 16.8 Å². The molecule has 0 aromatic rings. The van der Waals surface area contributed by atoms with Crippen molar-refractivity contribution < 1.29 is 9.90 Å². The van der Waals surface area contributed by atoms with Gasteiger partial charge >= 0.3 is 0 Å². The summed E-state index contributed by atoms with van der Waals surface area (Å²) < 4.78 is 0. The van der Waals surface area contributed by atoms with E-state index >= 15 is 0 Å². The van der Waals surface area contributed by atoms with Crippen LogP contribution in [0.4, 0.5) is 0 Å². The molecule has 110 valence electrons. The maximum Gasteiger partial charge on any atom is 0.237 e. The fraction of sp³-hybridized carbons (Fsp3) is 0.933. The van der Waals surface area contributed by atoms with E-state index in [2.05, 4.69) is 13.8 Å². The summed E-state index contributed by atoms with van der Waals surface area (Å²) in [7, 11) is 1.93. The van der Waals surface area contributed by atoms with E-state index < -0.39 is 0 Å². The summed E-state index contributed by atoms with van der Waals surface area (Å²) in [5.74, 6) is 0.690. The number of aliphatic hydroxyl groups is 1. The number of likely N-dealkylation sites (N-methyl/N-ethyl adjacent to an activating group) is 1. The van der Waals surface area contributed by atoms with Gasteiger partial charge in [-0.25, -0.2) is 0 Å². The van der Waals surface area contributed by atoms with Crippen molar-refractivity contribution in [2.75, 3.05) is 20.1 Å². The van der Waals surface area contributed by atoms with Gasteiger partial charge in [-0.2, -0.15) is 0 Å². The molecule has 2 fully saturated rings. The molecule has 19 heavy (non-hydrogen) atoms. The minimum Gasteiger partial charge on any atom is -0.392 e. The fourth-order valence-electron chi connectivity index (χ4n) is 3.24. The third kappa shape index (κ3) is 3.93. The fourth-order valence-corrected chi connectivity index (χ4v) is 3.24. The summed E-state index contributed by atoms with van der Waals surface area (Å²) >= 11 is 0. The van der Waals surface area contributed by atoms with E-state index in [0.717, 1.165) is 25.7 Å². The van der Waals surface area contributed by atoms with Gasteiger partial charge in [0.1, 0.15) is 0 Å². The molecular formula is C15H28N2O2. The number of hydrogen-bond acceptors (Lipinski definition) is 3. The van der Waals surface area contributed by atoms with Crippen molar-refractivity contribution in [1.29, 1.82) is 0 Å². The van der Waals surface area contributed by atoms with Crippen molar-refractivity contribution >= 4 is 5.91 Å². The molecule has 1 saturated heterocycles. The Morgan fingerprint density at radius 2 is 1.84 bits per heavy atom. The first-order chi connectivity index (χ1) is 8.99. The van der Waals surface area contributed by atoms with Gasteiger partial charge in [0.15, 0.2) is 0 Å². The highest BCUT2D eigenvalue weighted by Gasteiger charge is 2.32. The minimum atomic E-state index is -0.256. The average Bonchev–Trinajstić information content (AvgIpc) is 3.11. The van der Waals surface area contributed by atoms with E-state index in [9.17, 15) is 9.90 Å². The van der Waals surface area contributed by atoms with Crippen molar-refractivity contribution in [3.05, 3.63) is 0 Å². The van der Waals surface area contributed by atoms with Gasteiger partial charge in [-0.05, 0) is 58.9 Å². The quantitative estimate of drug-likeness (QED) is 0.821. The van der Waals surface area contributed by atoms with Gasteiger partial charge in [0.05, 0.1) is 12.6 Å². The first kappa shape index (κ1) is 14.8. The second-order valence-corrected chi connectivity index (χ2v) is 6.53. The Kier molecular flexibility index (Phi) is 4.85. The van der Waals surface area contributed by atoms with Gasteiger partial charge in [-0.1, -0.05) is 0 Å².